The molecule has 3 rings (SSSR count). The average molecular weight is 333 g/mol. The maximum atomic E-state index is 12.9. The number of carboxylic acids is 1. The molecule has 0 aliphatic carbocycles. The van der Waals surface area contributed by atoms with Gasteiger partial charge in [0.1, 0.15) is 0 Å². The first-order valence-electron chi connectivity index (χ1n) is 7.63. The minimum Gasteiger partial charge on any atom is -0.481 e. The van der Waals surface area contributed by atoms with Crippen molar-refractivity contribution >= 4 is 26.8 Å². The van der Waals surface area contributed by atoms with Crippen LogP contribution >= 0.6 is 0 Å². The van der Waals surface area contributed by atoms with E-state index in [0.717, 1.165) is 10.8 Å². The van der Waals surface area contributed by atoms with Crippen molar-refractivity contribution in [2.24, 2.45) is 5.92 Å². The second kappa shape index (κ2) is 5.94. The van der Waals surface area contributed by atoms with Crippen LogP contribution in [0.4, 0.5) is 0 Å². The summed E-state index contributed by atoms with van der Waals surface area (Å²) in [5, 5.41) is 11.0. The maximum absolute atomic E-state index is 12.9. The van der Waals surface area contributed by atoms with Gasteiger partial charge in [0, 0.05) is 12.6 Å². The van der Waals surface area contributed by atoms with E-state index in [4.69, 9.17) is 0 Å². The molecule has 1 saturated heterocycles. The van der Waals surface area contributed by atoms with Crippen LogP contribution in [-0.2, 0) is 14.8 Å². The summed E-state index contributed by atoms with van der Waals surface area (Å²) in [7, 11) is -3.70. The summed E-state index contributed by atoms with van der Waals surface area (Å²) in [6.45, 7) is 1.86. The number of hydrogen-bond donors (Lipinski definition) is 1. The number of hydrogen-bond acceptors (Lipinski definition) is 3. The third-order valence-electron chi connectivity index (χ3n) is 4.50. The molecule has 6 heteroatoms. The zero-order valence-corrected chi connectivity index (χ0v) is 13.7. The Morgan fingerprint density at radius 1 is 1.13 bits per heavy atom. The molecule has 5 nitrogen and oxygen atoms in total. The third-order valence-corrected chi connectivity index (χ3v) is 6.48. The SMILES string of the molecule is CC1CCC(C(=O)O)CN1S(=O)(=O)c1ccc2ccccc2c1. The van der Waals surface area contributed by atoms with Gasteiger partial charge in [0.2, 0.25) is 10.0 Å². The average Bonchev–Trinajstić information content (AvgIpc) is 2.54. The van der Waals surface area contributed by atoms with Gasteiger partial charge in [0.25, 0.3) is 0 Å². The zero-order valence-electron chi connectivity index (χ0n) is 12.8. The van der Waals surface area contributed by atoms with Gasteiger partial charge in [-0.15, -0.1) is 0 Å². The van der Waals surface area contributed by atoms with E-state index >= 15 is 0 Å². The molecule has 1 heterocycles. The monoisotopic (exact) mass is 333 g/mol. The number of fused-ring (bicyclic) bond motifs is 1. The lowest BCUT2D eigenvalue weighted by Gasteiger charge is -2.35. The molecule has 0 aromatic heterocycles. The Morgan fingerprint density at radius 2 is 1.83 bits per heavy atom. The number of sulfonamides is 1. The van der Waals surface area contributed by atoms with Gasteiger partial charge in [-0.3, -0.25) is 4.79 Å². The van der Waals surface area contributed by atoms with Crippen molar-refractivity contribution in [1.29, 1.82) is 0 Å². The Kier molecular flexibility index (Phi) is 4.12. The Balaban J connectivity index is 1.99. The van der Waals surface area contributed by atoms with E-state index in [1.54, 1.807) is 18.2 Å². The van der Waals surface area contributed by atoms with Crippen molar-refractivity contribution in [1.82, 2.24) is 4.31 Å². The maximum Gasteiger partial charge on any atom is 0.307 e. The Hall–Kier alpha value is -1.92. The van der Waals surface area contributed by atoms with Crippen LogP contribution in [0.2, 0.25) is 0 Å². The second-order valence-corrected chi connectivity index (χ2v) is 7.94. The lowest BCUT2D eigenvalue weighted by Crippen LogP contribution is -2.47. The predicted octanol–water partition coefficient (Wildman–Crippen LogP) is 2.71. The highest BCUT2D eigenvalue weighted by atomic mass is 32.2. The minimum atomic E-state index is -3.70. The van der Waals surface area contributed by atoms with E-state index in [1.165, 1.54) is 4.31 Å². The summed E-state index contributed by atoms with van der Waals surface area (Å²) < 4.78 is 27.2. The first-order valence-corrected chi connectivity index (χ1v) is 9.07. The molecule has 1 aliphatic heterocycles. The summed E-state index contributed by atoms with van der Waals surface area (Å²) >= 11 is 0. The van der Waals surface area contributed by atoms with E-state index in [2.05, 4.69) is 0 Å². The van der Waals surface area contributed by atoms with Crippen LogP contribution in [0.25, 0.3) is 10.8 Å². The number of piperidine rings is 1. The van der Waals surface area contributed by atoms with Crippen LogP contribution in [0.5, 0.6) is 0 Å². The molecule has 1 N–H and O–H groups in total. The summed E-state index contributed by atoms with van der Waals surface area (Å²) in [4.78, 5) is 11.4. The van der Waals surface area contributed by atoms with Crippen molar-refractivity contribution in [3.05, 3.63) is 42.5 Å². The molecule has 2 unspecified atom stereocenters. The molecule has 2 atom stereocenters. The Bertz CT molecular complexity index is 847. The lowest BCUT2D eigenvalue weighted by molar-refractivity contribution is -0.143. The van der Waals surface area contributed by atoms with Crippen LogP contribution in [0.1, 0.15) is 19.8 Å². The van der Waals surface area contributed by atoms with Crippen LogP contribution in [0, 0.1) is 5.92 Å². The van der Waals surface area contributed by atoms with Gasteiger partial charge in [-0.05, 0) is 42.7 Å². The number of carboxylic acid groups (broad SMARTS) is 1. The van der Waals surface area contributed by atoms with Crippen LogP contribution in [0.15, 0.2) is 47.4 Å². The number of rotatable bonds is 3. The smallest absolute Gasteiger partial charge is 0.307 e. The fourth-order valence-electron chi connectivity index (χ4n) is 3.07. The van der Waals surface area contributed by atoms with E-state index in [-0.39, 0.29) is 17.5 Å². The van der Waals surface area contributed by atoms with Gasteiger partial charge in [-0.1, -0.05) is 30.3 Å². The van der Waals surface area contributed by atoms with Gasteiger partial charge in [0.05, 0.1) is 10.8 Å². The molecule has 0 saturated carbocycles. The Morgan fingerprint density at radius 3 is 2.52 bits per heavy atom. The first kappa shape index (κ1) is 16.0. The van der Waals surface area contributed by atoms with E-state index in [1.807, 2.05) is 31.2 Å². The van der Waals surface area contributed by atoms with Gasteiger partial charge in [-0.2, -0.15) is 4.31 Å². The van der Waals surface area contributed by atoms with Gasteiger partial charge in [0.15, 0.2) is 0 Å². The first-order chi connectivity index (χ1) is 10.9. The number of nitrogens with zero attached hydrogens (tertiary/aromatic N) is 1. The van der Waals surface area contributed by atoms with Gasteiger partial charge >= 0.3 is 5.97 Å². The fraction of sp³-hybridized carbons (Fsp3) is 0.353. The molecular formula is C17H19NO4S. The molecule has 0 amide bonds. The fourth-order valence-corrected chi connectivity index (χ4v) is 4.82. The van der Waals surface area contributed by atoms with Crippen molar-refractivity contribution < 1.29 is 18.3 Å². The van der Waals surface area contributed by atoms with Crippen LogP contribution in [-0.4, -0.2) is 36.4 Å². The van der Waals surface area contributed by atoms with Crippen molar-refractivity contribution in [3.8, 4) is 0 Å². The third kappa shape index (κ3) is 2.96. The molecular weight excluding hydrogens is 314 g/mol. The summed E-state index contributed by atoms with van der Waals surface area (Å²) in [6, 6.07) is 12.4. The highest BCUT2D eigenvalue weighted by molar-refractivity contribution is 7.89. The van der Waals surface area contributed by atoms with Crippen molar-refractivity contribution in [2.45, 2.75) is 30.7 Å². The molecule has 23 heavy (non-hydrogen) atoms. The molecule has 2 aromatic rings. The molecule has 0 radical (unpaired) electrons. The van der Waals surface area contributed by atoms with E-state index < -0.39 is 21.9 Å². The van der Waals surface area contributed by atoms with Crippen molar-refractivity contribution in [2.75, 3.05) is 6.54 Å². The Labute approximate surface area is 135 Å². The van der Waals surface area contributed by atoms with Crippen LogP contribution in [0.3, 0.4) is 0 Å². The zero-order chi connectivity index (χ0) is 16.6. The molecule has 0 bridgehead atoms. The lowest BCUT2D eigenvalue weighted by atomic mass is 9.96. The number of aliphatic carboxylic acids is 1. The second-order valence-electron chi connectivity index (χ2n) is 6.05. The minimum absolute atomic E-state index is 0.0334. The summed E-state index contributed by atoms with van der Waals surface area (Å²) in [6.07, 6.45) is 1.07. The number of benzene rings is 2. The molecule has 1 aliphatic rings. The molecule has 122 valence electrons. The highest BCUT2D eigenvalue weighted by Crippen LogP contribution is 2.29. The topological polar surface area (TPSA) is 74.7 Å². The number of carbonyl (C=O) groups is 1. The molecule has 1 fully saturated rings. The van der Waals surface area contributed by atoms with E-state index in [0.29, 0.717) is 12.8 Å². The summed E-state index contributed by atoms with van der Waals surface area (Å²) in [5.41, 5.74) is 0. The standard InChI is InChI=1S/C17H19NO4S/c1-12-6-7-15(17(19)20)11-18(12)23(21,22)16-9-8-13-4-2-3-5-14(13)10-16/h2-5,8-10,12,15H,6-7,11H2,1H3,(H,19,20). The largest absolute Gasteiger partial charge is 0.481 e. The quantitative estimate of drug-likeness (QED) is 0.937. The summed E-state index contributed by atoms with van der Waals surface area (Å²) in [5.74, 6) is -1.57. The van der Waals surface area contributed by atoms with E-state index in [9.17, 15) is 18.3 Å². The highest BCUT2D eigenvalue weighted by Gasteiger charge is 2.37. The van der Waals surface area contributed by atoms with Crippen molar-refractivity contribution in [3.63, 3.8) is 0 Å². The molecule has 0 spiro atoms. The van der Waals surface area contributed by atoms with Crippen LogP contribution < -0.4 is 0 Å². The normalized spacial score (nSPS) is 23.0. The van der Waals surface area contributed by atoms with Gasteiger partial charge < -0.3 is 5.11 Å². The molecule has 2 aromatic carbocycles. The predicted molar refractivity (Wildman–Crippen MR) is 87.7 cm³/mol. The van der Waals surface area contributed by atoms with Gasteiger partial charge in [-0.25, -0.2) is 8.42 Å².